The van der Waals surface area contributed by atoms with E-state index in [0.29, 0.717) is 42.4 Å². The zero-order valence-corrected chi connectivity index (χ0v) is 20.6. The van der Waals surface area contributed by atoms with E-state index in [-0.39, 0.29) is 18.6 Å². The van der Waals surface area contributed by atoms with Gasteiger partial charge in [0.05, 0.1) is 18.9 Å². The summed E-state index contributed by atoms with van der Waals surface area (Å²) in [5.41, 5.74) is 3.52. The van der Waals surface area contributed by atoms with E-state index < -0.39 is 0 Å². The van der Waals surface area contributed by atoms with E-state index in [0.717, 1.165) is 44.8 Å². The fourth-order valence-electron chi connectivity index (χ4n) is 4.52. The maximum atomic E-state index is 12.1. The molecule has 1 saturated carbocycles. The third-order valence-corrected chi connectivity index (χ3v) is 6.85. The van der Waals surface area contributed by atoms with E-state index in [4.69, 9.17) is 21.1 Å². The molecule has 0 bridgehead atoms. The van der Waals surface area contributed by atoms with Gasteiger partial charge in [-0.2, -0.15) is 4.98 Å². The third-order valence-electron chi connectivity index (χ3n) is 6.57. The highest BCUT2D eigenvalue weighted by molar-refractivity contribution is 6.32. The van der Waals surface area contributed by atoms with Crippen LogP contribution < -0.4 is 16.0 Å². The van der Waals surface area contributed by atoms with Gasteiger partial charge in [-0.15, -0.1) is 0 Å². The van der Waals surface area contributed by atoms with E-state index in [1.54, 1.807) is 6.20 Å². The first kappa shape index (κ1) is 24.2. The van der Waals surface area contributed by atoms with Gasteiger partial charge < -0.3 is 30.3 Å². The van der Waals surface area contributed by atoms with Crippen molar-refractivity contribution in [2.45, 2.75) is 37.7 Å². The molecule has 1 aromatic carbocycles. The number of carbonyl (C=O) groups excluding carboxylic acids is 1. The molecule has 5 rings (SSSR count). The molecular weight excluding hydrogens is 468 g/mol. The van der Waals surface area contributed by atoms with Gasteiger partial charge in [0.2, 0.25) is 11.9 Å². The summed E-state index contributed by atoms with van der Waals surface area (Å²) in [5.74, 6) is 1.70. The predicted octanol–water partition coefficient (Wildman–Crippen LogP) is 3.46. The molecule has 0 radical (unpaired) electrons. The average molecular weight is 501 g/mol. The molecule has 3 aliphatic rings. The van der Waals surface area contributed by atoms with Crippen LogP contribution in [0.25, 0.3) is 0 Å². The smallest absolute Gasteiger partial charge is 0.248 e. The lowest BCUT2D eigenvalue weighted by molar-refractivity contribution is -0.133. The van der Waals surface area contributed by atoms with Crippen molar-refractivity contribution in [3.63, 3.8) is 0 Å². The lowest BCUT2D eigenvalue weighted by Gasteiger charge is -2.25. The summed E-state index contributed by atoms with van der Waals surface area (Å²) in [6.07, 6.45) is 5.77. The summed E-state index contributed by atoms with van der Waals surface area (Å²) in [6, 6.07) is 6.49. The van der Waals surface area contributed by atoms with Crippen molar-refractivity contribution >= 4 is 35.0 Å². The molecule has 2 aliphatic heterocycles. The molecule has 35 heavy (non-hydrogen) atoms. The number of halogens is 1. The van der Waals surface area contributed by atoms with Gasteiger partial charge >= 0.3 is 0 Å². The number of nitrogens with one attached hydrogen (secondary N) is 3. The lowest BCUT2D eigenvalue weighted by Crippen LogP contribution is -2.34. The predicted molar refractivity (Wildman–Crippen MR) is 135 cm³/mol. The molecule has 1 aliphatic carbocycles. The van der Waals surface area contributed by atoms with Gasteiger partial charge in [0, 0.05) is 45.0 Å². The molecule has 9 nitrogen and oxygen atoms in total. The minimum atomic E-state index is 0.0536. The van der Waals surface area contributed by atoms with Crippen LogP contribution in [0.15, 0.2) is 24.4 Å². The van der Waals surface area contributed by atoms with E-state index in [1.807, 2.05) is 4.90 Å². The standard InChI is InChI=1S/C25H33ClN6O3/c26-20-14-29-25(31-24(20)28-7-1-9-32-10-2-11-34-16-23(32)33)30-21-6-5-18(13-19(21)17-3-4-17)22-15-27-8-12-35-22/h5-6,13-14,17,22,27H,1-4,7-12,15-16H2,(H2,28,29,30,31). The number of amides is 1. The number of aromatic nitrogens is 2. The van der Waals surface area contributed by atoms with Crippen molar-refractivity contribution in [2.75, 3.05) is 63.2 Å². The Morgan fingerprint density at radius 2 is 2.17 bits per heavy atom. The Bertz CT molecular complexity index is 1030. The van der Waals surface area contributed by atoms with Crippen LogP contribution in [-0.2, 0) is 14.3 Å². The molecule has 1 unspecified atom stereocenters. The number of carbonyl (C=O) groups is 1. The van der Waals surface area contributed by atoms with Crippen molar-refractivity contribution in [1.29, 1.82) is 0 Å². The number of benzene rings is 1. The summed E-state index contributed by atoms with van der Waals surface area (Å²) in [5, 5.41) is 10.6. The van der Waals surface area contributed by atoms with Crippen molar-refractivity contribution in [3.05, 3.63) is 40.5 Å². The maximum Gasteiger partial charge on any atom is 0.248 e. The van der Waals surface area contributed by atoms with Crippen LogP contribution in [0, 0.1) is 0 Å². The number of morpholine rings is 1. The lowest BCUT2D eigenvalue weighted by atomic mass is 10.0. The van der Waals surface area contributed by atoms with Gasteiger partial charge in [0.15, 0.2) is 0 Å². The molecule has 1 atom stereocenters. The van der Waals surface area contributed by atoms with Crippen LogP contribution in [0.2, 0.25) is 5.02 Å². The van der Waals surface area contributed by atoms with Gasteiger partial charge in [0.25, 0.3) is 0 Å². The molecular formula is C25H33ClN6O3. The first-order valence-corrected chi connectivity index (χ1v) is 12.9. The first-order chi connectivity index (χ1) is 17.2. The van der Waals surface area contributed by atoms with Crippen molar-refractivity contribution in [2.24, 2.45) is 0 Å². The number of hydrogen-bond acceptors (Lipinski definition) is 8. The van der Waals surface area contributed by atoms with Gasteiger partial charge in [0.1, 0.15) is 17.4 Å². The second kappa shape index (κ2) is 11.5. The molecule has 188 valence electrons. The van der Waals surface area contributed by atoms with Crippen molar-refractivity contribution in [3.8, 4) is 0 Å². The van der Waals surface area contributed by atoms with Crippen molar-refractivity contribution in [1.82, 2.24) is 20.2 Å². The molecule has 1 aromatic heterocycles. The normalized spacial score (nSPS) is 21.0. The Labute approximate surface area is 210 Å². The largest absolute Gasteiger partial charge is 0.372 e. The van der Waals surface area contributed by atoms with Crippen LogP contribution >= 0.6 is 11.6 Å². The van der Waals surface area contributed by atoms with Crippen molar-refractivity contribution < 1.29 is 14.3 Å². The number of ether oxygens (including phenoxy) is 2. The SMILES string of the molecule is O=C1COCCCN1CCCNc1nc(Nc2ccc(C3CNCCO3)cc2C2CC2)ncc1Cl. The monoisotopic (exact) mass is 500 g/mol. The molecule has 3 heterocycles. The van der Waals surface area contributed by atoms with E-state index in [2.05, 4.69) is 44.1 Å². The van der Waals surface area contributed by atoms with Crippen LogP contribution in [0.3, 0.4) is 0 Å². The summed E-state index contributed by atoms with van der Waals surface area (Å²) in [6.45, 7) is 5.37. The van der Waals surface area contributed by atoms with Crippen LogP contribution in [0.5, 0.6) is 0 Å². The molecule has 10 heteroatoms. The highest BCUT2D eigenvalue weighted by atomic mass is 35.5. The molecule has 2 saturated heterocycles. The van der Waals surface area contributed by atoms with Crippen LogP contribution in [0.4, 0.5) is 17.5 Å². The number of anilines is 3. The van der Waals surface area contributed by atoms with Crippen LogP contribution in [-0.4, -0.2) is 73.3 Å². The Morgan fingerprint density at radius 3 is 3.00 bits per heavy atom. The van der Waals surface area contributed by atoms with Gasteiger partial charge in [-0.05, 0) is 48.8 Å². The zero-order valence-electron chi connectivity index (χ0n) is 19.9. The number of nitrogens with zero attached hydrogens (tertiary/aromatic N) is 3. The molecule has 1 amide bonds. The quantitative estimate of drug-likeness (QED) is 0.450. The van der Waals surface area contributed by atoms with E-state index in [9.17, 15) is 4.79 Å². The summed E-state index contributed by atoms with van der Waals surface area (Å²) in [4.78, 5) is 22.9. The zero-order chi connectivity index (χ0) is 24.0. The number of rotatable bonds is 9. The molecule has 2 aromatic rings. The van der Waals surface area contributed by atoms with Crippen LogP contribution in [0.1, 0.15) is 48.8 Å². The fourth-order valence-corrected chi connectivity index (χ4v) is 4.68. The Kier molecular flexibility index (Phi) is 7.98. The van der Waals surface area contributed by atoms with E-state index >= 15 is 0 Å². The molecule has 0 spiro atoms. The fraction of sp³-hybridized carbons (Fsp3) is 0.560. The summed E-state index contributed by atoms with van der Waals surface area (Å²) < 4.78 is 11.2. The van der Waals surface area contributed by atoms with Gasteiger partial charge in [-0.3, -0.25) is 4.79 Å². The van der Waals surface area contributed by atoms with E-state index in [1.165, 1.54) is 24.0 Å². The Morgan fingerprint density at radius 1 is 1.26 bits per heavy atom. The van der Waals surface area contributed by atoms with Gasteiger partial charge in [-0.25, -0.2) is 4.98 Å². The molecule has 3 N–H and O–H groups in total. The highest BCUT2D eigenvalue weighted by Gasteiger charge is 2.28. The first-order valence-electron chi connectivity index (χ1n) is 12.5. The molecule has 3 fully saturated rings. The topological polar surface area (TPSA) is 101 Å². The average Bonchev–Trinajstić information content (AvgIpc) is 3.74. The third kappa shape index (κ3) is 6.41. The Balaban J connectivity index is 1.21. The minimum absolute atomic E-state index is 0.0536. The minimum Gasteiger partial charge on any atom is -0.372 e. The summed E-state index contributed by atoms with van der Waals surface area (Å²) in [7, 11) is 0. The maximum absolute atomic E-state index is 12.1. The summed E-state index contributed by atoms with van der Waals surface area (Å²) >= 11 is 6.35. The van der Waals surface area contributed by atoms with Gasteiger partial charge in [-0.1, -0.05) is 23.7 Å². The second-order valence-corrected chi connectivity index (χ2v) is 9.67. The second-order valence-electron chi connectivity index (χ2n) is 9.27. The Hall–Kier alpha value is -2.46. The number of hydrogen-bond donors (Lipinski definition) is 3. The highest BCUT2D eigenvalue weighted by Crippen LogP contribution is 2.45.